The fourth-order valence-electron chi connectivity index (χ4n) is 3.47. The predicted octanol–water partition coefficient (Wildman–Crippen LogP) is 1.88. The topological polar surface area (TPSA) is 70.7 Å². The largest absolute Gasteiger partial charge is 0.496 e. The lowest BCUT2D eigenvalue weighted by molar-refractivity contribution is -0.134. The molecule has 2 aromatic rings. The molecule has 2 N–H and O–H groups in total. The number of hydrogen-bond donors (Lipinski definition) is 2. The second kappa shape index (κ2) is 10.0. The highest BCUT2D eigenvalue weighted by Crippen LogP contribution is 2.22. The van der Waals surface area contributed by atoms with Gasteiger partial charge in [-0.15, -0.1) is 0 Å². The van der Waals surface area contributed by atoms with Gasteiger partial charge in [-0.1, -0.05) is 30.3 Å². The third-order valence-electron chi connectivity index (χ3n) is 5.04. The Morgan fingerprint density at radius 1 is 1.24 bits per heavy atom. The standard InChI is InChI=1S/C22H26FN3O3/c1-29-20-5-3-2-4-17(20)15-26-13-12-25-22(28)19(26)14-21(27)24-11-10-16-6-8-18(23)9-7-16/h2-9,19H,10-15H2,1H3,(H,24,27)(H,25,28)/t19-/m1/s1. The van der Waals surface area contributed by atoms with E-state index < -0.39 is 6.04 Å². The summed E-state index contributed by atoms with van der Waals surface area (Å²) in [7, 11) is 1.62. The Morgan fingerprint density at radius 2 is 2.00 bits per heavy atom. The van der Waals surface area contributed by atoms with Crippen LogP contribution in [0.15, 0.2) is 48.5 Å². The van der Waals surface area contributed by atoms with Crippen LogP contribution in [0.1, 0.15) is 17.5 Å². The van der Waals surface area contributed by atoms with Gasteiger partial charge in [0.2, 0.25) is 11.8 Å². The van der Waals surface area contributed by atoms with Crippen molar-refractivity contribution in [3.05, 3.63) is 65.5 Å². The molecular formula is C22H26FN3O3. The predicted molar refractivity (Wildman–Crippen MR) is 108 cm³/mol. The smallest absolute Gasteiger partial charge is 0.237 e. The minimum atomic E-state index is -0.528. The molecule has 7 heteroatoms. The molecule has 0 bridgehead atoms. The van der Waals surface area contributed by atoms with Crippen LogP contribution in [0.4, 0.5) is 4.39 Å². The number of nitrogens with zero attached hydrogens (tertiary/aromatic N) is 1. The molecule has 29 heavy (non-hydrogen) atoms. The van der Waals surface area contributed by atoms with Crippen LogP contribution in [0.5, 0.6) is 5.75 Å². The number of hydrogen-bond acceptors (Lipinski definition) is 4. The van der Waals surface area contributed by atoms with Crippen LogP contribution < -0.4 is 15.4 Å². The molecule has 1 saturated heterocycles. The van der Waals surface area contributed by atoms with E-state index >= 15 is 0 Å². The van der Waals surface area contributed by atoms with E-state index in [-0.39, 0.29) is 24.1 Å². The molecular weight excluding hydrogens is 373 g/mol. The maximum Gasteiger partial charge on any atom is 0.237 e. The van der Waals surface area contributed by atoms with Crippen LogP contribution in [-0.4, -0.2) is 49.5 Å². The molecule has 3 rings (SSSR count). The van der Waals surface area contributed by atoms with Crippen molar-refractivity contribution in [1.82, 2.24) is 15.5 Å². The Bertz CT molecular complexity index is 841. The number of carbonyl (C=O) groups excluding carboxylic acids is 2. The Hall–Kier alpha value is -2.93. The summed E-state index contributed by atoms with van der Waals surface area (Å²) in [5, 5.41) is 5.70. The molecule has 154 valence electrons. The number of piperazine rings is 1. The number of carbonyl (C=O) groups is 2. The summed E-state index contributed by atoms with van der Waals surface area (Å²) in [6, 6.07) is 13.4. The monoisotopic (exact) mass is 399 g/mol. The summed E-state index contributed by atoms with van der Waals surface area (Å²) in [4.78, 5) is 26.8. The normalized spacial score (nSPS) is 16.9. The van der Waals surface area contributed by atoms with Crippen molar-refractivity contribution in [2.75, 3.05) is 26.7 Å². The zero-order chi connectivity index (χ0) is 20.6. The SMILES string of the molecule is COc1ccccc1CN1CCNC(=O)[C@H]1CC(=O)NCCc1ccc(F)cc1. The lowest BCUT2D eigenvalue weighted by Gasteiger charge is -2.35. The van der Waals surface area contributed by atoms with Crippen molar-refractivity contribution in [3.8, 4) is 5.75 Å². The van der Waals surface area contributed by atoms with Gasteiger partial charge < -0.3 is 15.4 Å². The first kappa shape index (κ1) is 20.8. The Morgan fingerprint density at radius 3 is 2.76 bits per heavy atom. The third kappa shape index (κ3) is 5.77. The second-order valence-electron chi connectivity index (χ2n) is 7.02. The van der Waals surface area contributed by atoms with Gasteiger partial charge in [0.05, 0.1) is 19.6 Å². The number of ether oxygens (including phenoxy) is 1. The maximum atomic E-state index is 13.0. The van der Waals surface area contributed by atoms with Gasteiger partial charge in [0, 0.05) is 31.7 Å². The minimum Gasteiger partial charge on any atom is -0.496 e. The molecule has 2 aromatic carbocycles. The van der Waals surface area contributed by atoms with Gasteiger partial charge in [-0.3, -0.25) is 14.5 Å². The number of nitrogens with one attached hydrogen (secondary N) is 2. The third-order valence-corrected chi connectivity index (χ3v) is 5.04. The molecule has 2 amide bonds. The quantitative estimate of drug-likeness (QED) is 0.711. The molecule has 1 atom stereocenters. The summed E-state index contributed by atoms with van der Waals surface area (Å²) < 4.78 is 18.4. The molecule has 1 aliphatic heterocycles. The van der Waals surface area contributed by atoms with Gasteiger partial charge in [0.15, 0.2) is 0 Å². The van der Waals surface area contributed by atoms with E-state index in [4.69, 9.17) is 4.74 Å². The molecule has 0 saturated carbocycles. The van der Waals surface area contributed by atoms with Crippen molar-refractivity contribution in [3.63, 3.8) is 0 Å². The van der Waals surface area contributed by atoms with E-state index in [0.717, 1.165) is 16.9 Å². The molecule has 0 spiro atoms. The molecule has 0 aromatic heterocycles. The number of benzene rings is 2. The van der Waals surface area contributed by atoms with Gasteiger partial charge in [-0.05, 0) is 30.2 Å². The van der Waals surface area contributed by atoms with E-state index in [9.17, 15) is 14.0 Å². The summed E-state index contributed by atoms with van der Waals surface area (Å²) >= 11 is 0. The second-order valence-corrected chi connectivity index (χ2v) is 7.02. The summed E-state index contributed by atoms with van der Waals surface area (Å²) in [6.07, 6.45) is 0.693. The van der Waals surface area contributed by atoms with E-state index in [0.29, 0.717) is 32.6 Å². The van der Waals surface area contributed by atoms with Gasteiger partial charge in [-0.25, -0.2) is 4.39 Å². The first-order valence-corrected chi connectivity index (χ1v) is 9.71. The Kier molecular flexibility index (Phi) is 7.19. The molecule has 1 aliphatic rings. The Balaban J connectivity index is 1.56. The summed E-state index contributed by atoms with van der Waals surface area (Å²) in [5.74, 6) is 0.163. The first-order chi connectivity index (χ1) is 14.1. The van der Waals surface area contributed by atoms with Crippen molar-refractivity contribution < 1.29 is 18.7 Å². The highest BCUT2D eigenvalue weighted by atomic mass is 19.1. The van der Waals surface area contributed by atoms with E-state index in [2.05, 4.69) is 10.6 Å². The number of rotatable bonds is 8. The molecule has 1 fully saturated rings. The summed E-state index contributed by atoms with van der Waals surface area (Å²) in [6.45, 7) is 2.18. The lowest BCUT2D eigenvalue weighted by atomic mass is 10.1. The highest BCUT2D eigenvalue weighted by molar-refractivity contribution is 5.88. The van der Waals surface area contributed by atoms with Crippen LogP contribution in [0.25, 0.3) is 0 Å². The average Bonchev–Trinajstić information content (AvgIpc) is 2.72. The van der Waals surface area contributed by atoms with Crippen LogP contribution in [0, 0.1) is 5.82 Å². The van der Waals surface area contributed by atoms with Gasteiger partial charge in [-0.2, -0.15) is 0 Å². The van der Waals surface area contributed by atoms with Gasteiger partial charge in [0.25, 0.3) is 0 Å². The van der Waals surface area contributed by atoms with Crippen LogP contribution >= 0.6 is 0 Å². The molecule has 0 unspecified atom stereocenters. The van der Waals surface area contributed by atoms with E-state index in [1.807, 2.05) is 29.2 Å². The maximum absolute atomic E-state index is 13.0. The summed E-state index contributed by atoms with van der Waals surface area (Å²) in [5.41, 5.74) is 1.92. The molecule has 1 heterocycles. The average molecular weight is 399 g/mol. The molecule has 0 radical (unpaired) electrons. The van der Waals surface area contributed by atoms with Crippen molar-refractivity contribution in [1.29, 1.82) is 0 Å². The zero-order valence-corrected chi connectivity index (χ0v) is 16.5. The number of methoxy groups -OCH3 is 1. The van der Waals surface area contributed by atoms with Gasteiger partial charge in [0.1, 0.15) is 11.6 Å². The zero-order valence-electron chi connectivity index (χ0n) is 16.5. The number of amides is 2. The lowest BCUT2D eigenvalue weighted by Crippen LogP contribution is -2.56. The number of halogens is 1. The fourth-order valence-corrected chi connectivity index (χ4v) is 3.47. The minimum absolute atomic E-state index is 0.0877. The first-order valence-electron chi connectivity index (χ1n) is 9.71. The van der Waals surface area contributed by atoms with Crippen LogP contribution in [0.2, 0.25) is 0 Å². The van der Waals surface area contributed by atoms with E-state index in [1.54, 1.807) is 19.2 Å². The van der Waals surface area contributed by atoms with E-state index in [1.165, 1.54) is 12.1 Å². The number of para-hydroxylation sites is 1. The molecule has 0 aliphatic carbocycles. The van der Waals surface area contributed by atoms with Crippen molar-refractivity contribution in [2.45, 2.75) is 25.4 Å². The van der Waals surface area contributed by atoms with Crippen molar-refractivity contribution >= 4 is 11.8 Å². The fraction of sp³-hybridized carbons (Fsp3) is 0.364. The molecule has 6 nitrogen and oxygen atoms in total. The van der Waals surface area contributed by atoms with Gasteiger partial charge >= 0.3 is 0 Å². The van der Waals surface area contributed by atoms with Crippen LogP contribution in [0.3, 0.4) is 0 Å². The Labute approximate surface area is 170 Å². The van der Waals surface area contributed by atoms with Crippen LogP contribution in [-0.2, 0) is 22.6 Å². The van der Waals surface area contributed by atoms with Crippen molar-refractivity contribution in [2.24, 2.45) is 0 Å². The highest BCUT2D eigenvalue weighted by Gasteiger charge is 2.31.